The maximum atomic E-state index is 10.9. The van der Waals surface area contributed by atoms with Crippen molar-refractivity contribution in [3.63, 3.8) is 0 Å². The highest BCUT2D eigenvalue weighted by Crippen LogP contribution is 2.21. The molecule has 0 saturated heterocycles. The van der Waals surface area contributed by atoms with Crippen molar-refractivity contribution in [3.8, 4) is 0 Å². The summed E-state index contributed by atoms with van der Waals surface area (Å²) in [5.41, 5.74) is 5.07. The number of hydrogen-bond acceptors (Lipinski definition) is 4. The summed E-state index contributed by atoms with van der Waals surface area (Å²) in [5, 5.41) is 18.9. The Labute approximate surface area is 102 Å². The highest BCUT2D eigenvalue weighted by Gasteiger charge is 2.13. The lowest BCUT2D eigenvalue weighted by Crippen LogP contribution is -2.25. The number of hydrogen-bond donors (Lipinski definition) is 4. The Morgan fingerprint density at radius 3 is 2.65 bits per heavy atom. The minimum Gasteiger partial charge on any atom is -0.480 e. The Bertz CT molecular complexity index is 488. The molecular weight excluding hydrogens is 246 g/mol. The standard InChI is InChI=1S/C10H10ClN3O3/c11-5-1-2-6(9(12)10(13)17)7(3-5)14-4-8(15)16/h1-3,12,14H,4H2,(H2,13,17)(H,15,16). The first-order valence-electron chi connectivity index (χ1n) is 4.55. The van der Waals surface area contributed by atoms with Crippen LogP contribution in [0.3, 0.4) is 0 Å². The molecule has 0 atom stereocenters. The van der Waals surface area contributed by atoms with Gasteiger partial charge in [0.1, 0.15) is 12.3 Å². The molecule has 0 aliphatic carbocycles. The van der Waals surface area contributed by atoms with E-state index in [1.807, 2.05) is 0 Å². The van der Waals surface area contributed by atoms with Gasteiger partial charge in [0.2, 0.25) is 0 Å². The second kappa shape index (κ2) is 5.31. The number of amides is 1. The molecule has 7 heteroatoms. The third-order valence-electron chi connectivity index (χ3n) is 1.93. The third kappa shape index (κ3) is 3.46. The molecule has 90 valence electrons. The van der Waals surface area contributed by atoms with Crippen LogP contribution in [0.1, 0.15) is 5.56 Å². The predicted octanol–water partition coefficient (Wildman–Crippen LogP) is 0.690. The number of carbonyl (C=O) groups is 2. The van der Waals surface area contributed by atoms with E-state index in [9.17, 15) is 9.59 Å². The van der Waals surface area contributed by atoms with Gasteiger partial charge in [0.25, 0.3) is 5.91 Å². The van der Waals surface area contributed by atoms with Crippen LogP contribution in [-0.2, 0) is 9.59 Å². The van der Waals surface area contributed by atoms with E-state index in [-0.39, 0.29) is 17.8 Å². The largest absolute Gasteiger partial charge is 0.480 e. The van der Waals surface area contributed by atoms with E-state index in [1.54, 1.807) is 0 Å². The number of aliphatic carboxylic acids is 1. The molecule has 1 amide bonds. The van der Waals surface area contributed by atoms with Gasteiger partial charge in [-0.25, -0.2) is 0 Å². The van der Waals surface area contributed by atoms with Crippen molar-refractivity contribution in [2.75, 3.05) is 11.9 Å². The Hall–Kier alpha value is -2.08. The molecule has 0 unspecified atom stereocenters. The van der Waals surface area contributed by atoms with Crippen LogP contribution < -0.4 is 11.1 Å². The number of benzene rings is 1. The molecule has 0 aliphatic heterocycles. The summed E-state index contributed by atoms with van der Waals surface area (Å²) >= 11 is 5.74. The molecular formula is C10H10ClN3O3. The number of carboxylic acids is 1. The Kier molecular flexibility index (Phi) is 4.06. The monoisotopic (exact) mass is 255 g/mol. The molecule has 5 N–H and O–H groups in total. The van der Waals surface area contributed by atoms with E-state index in [2.05, 4.69) is 5.32 Å². The van der Waals surface area contributed by atoms with Crippen LogP contribution >= 0.6 is 11.6 Å². The lowest BCUT2D eigenvalue weighted by Gasteiger charge is -2.10. The number of nitrogens with one attached hydrogen (secondary N) is 2. The average Bonchev–Trinajstić information content (AvgIpc) is 2.25. The number of rotatable bonds is 5. The summed E-state index contributed by atoms with van der Waals surface area (Å²) in [6, 6.07) is 4.34. The summed E-state index contributed by atoms with van der Waals surface area (Å²) in [7, 11) is 0. The molecule has 1 rings (SSSR count). The number of halogens is 1. The fourth-order valence-corrected chi connectivity index (χ4v) is 1.36. The van der Waals surface area contributed by atoms with E-state index in [4.69, 9.17) is 27.9 Å². The number of carboxylic acid groups (broad SMARTS) is 1. The van der Waals surface area contributed by atoms with Crippen molar-refractivity contribution in [1.82, 2.24) is 0 Å². The molecule has 0 saturated carbocycles. The van der Waals surface area contributed by atoms with Gasteiger partial charge in [-0.2, -0.15) is 0 Å². The van der Waals surface area contributed by atoms with Crippen LogP contribution in [0.5, 0.6) is 0 Å². The van der Waals surface area contributed by atoms with Gasteiger partial charge in [-0.15, -0.1) is 0 Å². The fourth-order valence-electron chi connectivity index (χ4n) is 1.18. The first kappa shape index (κ1) is 13.0. The molecule has 0 fully saturated rings. The van der Waals surface area contributed by atoms with E-state index >= 15 is 0 Å². The van der Waals surface area contributed by atoms with Crippen molar-refractivity contribution >= 4 is 34.9 Å². The minimum atomic E-state index is -1.07. The summed E-state index contributed by atoms with van der Waals surface area (Å²) in [5.74, 6) is -1.97. The quantitative estimate of drug-likeness (QED) is 0.579. The Balaban J connectivity index is 3.07. The summed E-state index contributed by atoms with van der Waals surface area (Å²) in [4.78, 5) is 21.3. The highest BCUT2D eigenvalue weighted by molar-refractivity contribution is 6.45. The minimum absolute atomic E-state index is 0.211. The number of anilines is 1. The van der Waals surface area contributed by atoms with Crippen LogP contribution in [0.25, 0.3) is 0 Å². The lowest BCUT2D eigenvalue weighted by atomic mass is 10.1. The second-order valence-corrected chi connectivity index (χ2v) is 3.61. The summed E-state index contributed by atoms with van der Waals surface area (Å²) in [6.07, 6.45) is 0. The van der Waals surface area contributed by atoms with Gasteiger partial charge in [0.05, 0.1) is 0 Å². The van der Waals surface area contributed by atoms with Crippen molar-refractivity contribution in [3.05, 3.63) is 28.8 Å². The number of carbonyl (C=O) groups excluding carboxylic acids is 1. The zero-order valence-electron chi connectivity index (χ0n) is 8.66. The maximum absolute atomic E-state index is 10.9. The molecule has 1 aromatic carbocycles. The molecule has 17 heavy (non-hydrogen) atoms. The Morgan fingerprint density at radius 2 is 2.12 bits per heavy atom. The molecule has 0 spiro atoms. The van der Waals surface area contributed by atoms with Crippen LogP contribution in [0.15, 0.2) is 18.2 Å². The molecule has 0 radical (unpaired) electrons. The number of nitrogens with two attached hydrogens (primary N) is 1. The van der Waals surface area contributed by atoms with Crippen molar-refractivity contribution in [2.45, 2.75) is 0 Å². The van der Waals surface area contributed by atoms with Crippen LogP contribution in [0.2, 0.25) is 5.02 Å². The average molecular weight is 256 g/mol. The summed E-state index contributed by atoms with van der Waals surface area (Å²) < 4.78 is 0. The SMILES string of the molecule is N=C(C(N)=O)c1ccc(Cl)cc1NCC(=O)O. The van der Waals surface area contributed by atoms with E-state index in [1.165, 1.54) is 18.2 Å². The van der Waals surface area contributed by atoms with Gasteiger partial charge in [0.15, 0.2) is 0 Å². The second-order valence-electron chi connectivity index (χ2n) is 3.18. The van der Waals surface area contributed by atoms with Gasteiger partial charge >= 0.3 is 5.97 Å². The van der Waals surface area contributed by atoms with Gasteiger partial charge in [-0.1, -0.05) is 11.6 Å². The zero-order valence-corrected chi connectivity index (χ0v) is 9.41. The molecule has 0 aliphatic rings. The van der Waals surface area contributed by atoms with Crippen molar-refractivity contribution in [2.24, 2.45) is 5.73 Å². The van der Waals surface area contributed by atoms with Crippen molar-refractivity contribution < 1.29 is 14.7 Å². The third-order valence-corrected chi connectivity index (χ3v) is 2.16. The topological polar surface area (TPSA) is 116 Å². The first-order chi connectivity index (χ1) is 7.91. The van der Waals surface area contributed by atoms with E-state index in [0.29, 0.717) is 5.02 Å². The first-order valence-corrected chi connectivity index (χ1v) is 4.93. The van der Waals surface area contributed by atoms with Crippen LogP contribution in [0, 0.1) is 5.41 Å². The van der Waals surface area contributed by atoms with Gasteiger partial charge in [-0.05, 0) is 18.2 Å². The maximum Gasteiger partial charge on any atom is 0.322 e. The fraction of sp³-hybridized carbons (Fsp3) is 0.100. The van der Waals surface area contributed by atoms with Gasteiger partial charge < -0.3 is 16.2 Å². The summed E-state index contributed by atoms with van der Waals surface area (Å²) in [6.45, 7) is -0.348. The van der Waals surface area contributed by atoms with Crippen LogP contribution in [-0.4, -0.2) is 29.2 Å². The number of primary amides is 1. The lowest BCUT2D eigenvalue weighted by molar-refractivity contribution is -0.134. The molecule has 0 heterocycles. The van der Waals surface area contributed by atoms with E-state index < -0.39 is 17.6 Å². The van der Waals surface area contributed by atoms with Gasteiger partial charge in [-0.3, -0.25) is 15.0 Å². The molecule has 6 nitrogen and oxygen atoms in total. The van der Waals surface area contributed by atoms with Crippen LogP contribution in [0.4, 0.5) is 5.69 Å². The molecule has 0 bridgehead atoms. The zero-order chi connectivity index (χ0) is 13.0. The van der Waals surface area contributed by atoms with Gasteiger partial charge in [0, 0.05) is 16.3 Å². The smallest absolute Gasteiger partial charge is 0.322 e. The normalized spacial score (nSPS) is 9.71. The van der Waals surface area contributed by atoms with E-state index in [0.717, 1.165) is 0 Å². The van der Waals surface area contributed by atoms with Crippen molar-refractivity contribution in [1.29, 1.82) is 5.41 Å². The Morgan fingerprint density at radius 1 is 1.47 bits per heavy atom. The molecule has 0 aromatic heterocycles. The predicted molar refractivity (Wildman–Crippen MR) is 63.6 cm³/mol. The highest BCUT2D eigenvalue weighted by atomic mass is 35.5. The molecule has 1 aromatic rings.